The van der Waals surface area contributed by atoms with Crippen LogP contribution >= 0.6 is 11.3 Å². The van der Waals surface area contributed by atoms with E-state index in [4.69, 9.17) is 0 Å². The number of anilines is 1. The maximum atomic E-state index is 12.7. The molecule has 1 saturated heterocycles. The lowest BCUT2D eigenvalue weighted by Crippen LogP contribution is -2.50. The molecule has 4 rings (SSSR count). The van der Waals surface area contributed by atoms with Gasteiger partial charge in [0, 0.05) is 37.9 Å². The minimum absolute atomic E-state index is 0.0253. The summed E-state index contributed by atoms with van der Waals surface area (Å²) in [6.07, 6.45) is 0. The third kappa shape index (κ3) is 3.99. The van der Waals surface area contributed by atoms with Gasteiger partial charge in [0.05, 0.1) is 4.88 Å². The van der Waals surface area contributed by atoms with E-state index in [1.807, 2.05) is 22.4 Å². The van der Waals surface area contributed by atoms with Crippen molar-refractivity contribution in [1.82, 2.24) is 14.7 Å². The molecule has 1 fully saturated rings. The molecule has 3 heterocycles. The maximum Gasteiger partial charge on any atom is 0.267 e. The molecule has 2 aromatic heterocycles. The average molecular weight is 395 g/mol. The summed E-state index contributed by atoms with van der Waals surface area (Å²) in [4.78, 5) is 30.0. The van der Waals surface area contributed by atoms with Crippen LogP contribution in [-0.2, 0) is 11.3 Å². The topological polar surface area (TPSA) is 58.4 Å². The van der Waals surface area contributed by atoms with Crippen LogP contribution in [0.4, 0.5) is 5.69 Å². The van der Waals surface area contributed by atoms with Crippen LogP contribution in [0, 0.1) is 6.92 Å². The van der Waals surface area contributed by atoms with Gasteiger partial charge in [-0.05, 0) is 42.1 Å². The Kier molecular flexibility index (Phi) is 5.25. The molecule has 0 atom stereocenters. The molecule has 28 heavy (non-hydrogen) atoms. The number of piperazine rings is 1. The summed E-state index contributed by atoms with van der Waals surface area (Å²) in [5, 5.41) is 6.34. The van der Waals surface area contributed by atoms with Crippen molar-refractivity contribution in [2.45, 2.75) is 13.5 Å². The lowest BCUT2D eigenvalue weighted by Gasteiger charge is -2.36. The predicted octanol–water partition coefficient (Wildman–Crippen LogP) is 2.63. The number of thiophene rings is 1. The first kappa shape index (κ1) is 18.4. The van der Waals surface area contributed by atoms with Crippen LogP contribution in [0.1, 0.15) is 5.56 Å². The standard InChI is InChI=1S/C21H22N4O2S/c1-16-4-2-5-17(14-16)23-9-11-24(12-10-23)21(27)15-25-20(26)8-7-18(22-25)19-6-3-13-28-19/h2-8,13-14H,9-12,15H2,1H3. The van der Waals surface area contributed by atoms with Crippen LogP contribution in [0.3, 0.4) is 0 Å². The fourth-order valence-electron chi connectivity index (χ4n) is 3.38. The summed E-state index contributed by atoms with van der Waals surface area (Å²) < 4.78 is 1.27. The van der Waals surface area contributed by atoms with Crippen LogP contribution in [0.5, 0.6) is 0 Å². The van der Waals surface area contributed by atoms with Crippen LogP contribution in [0.2, 0.25) is 0 Å². The first-order chi connectivity index (χ1) is 13.6. The Morgan fingerprint density at radius 2 is 1.89 bits per heavy atom. The Labute approximate surface area is 167 Å². The molecule has 0 N–H and O–H groups in total. The van der Waals surface area contributed by atoms with Gasteiger partial charge in [-0.25, -0.2) is 4.68 Å². The Balaban J connectivity index is 1.41. The summed E-state index contributed by atoms with van der Waals surface area (Å²) in [5.41, 5.74) is 2.87. The molecule has 1 aliphatic rings. The molecule has 0 saturated carbocycles. The van der Waals surface area contributed by atoms with Crippen molar-refractivity contribution >= 4 is 22.9 Å². The number of carbonyl (C=O) groups excluding carboxylic acids is 1. The van der Waals surface area contributed by atoms with E-state index in [9.17, 15) is 9.59 Å². The molecule has 3 aromatic rings. The Morgan fingerprint density at radius 1 is 1.07 bits per heavy atom. The van der Waals surface area contributed by atoms with Gasteiger partial charge >= 0.3 is 0 Å². The number of aromatic nitrogens is 2. The fourth-order valence-corrected chi connectivity index (χ4v) is 4.08. The van der Waals surface area contributed by atoms with Gasteiger partial charge in [-0.1, -0.05) is 18.2 Å². The summed E-state index contributed by atoms with van der Waals surface area (Å²) >= 11 is 1.56. The van der Waals surface area contributed by atoms with E-state index in [1.54, 1.807) is 17.4 Å². The Bertz CT molecular complexity index is 1020. The lowest BCUT2D eigenvalue weighted by atomic mass is 10.2. The van der Waals surface area contributed by atoms with E-state index >= 15 is 0 Å². The number of rotatable bonds is 4. The van der Waals surface area contributed by atoms with E-state index in [0.29, 0.717) is 18.8 Å². The molecular weight excluding hydrogens is 372 g/mol. The quantitative estimate of drug-likeness (QED) is 0.683. The van der Waals surface area contributed by atoms with E-state index in [2.05, 4.69) is 41.2 Å². The van der Waals surface area contributed by atoms with Crippen molar-refractivity contribution in [2.24, 2.45) is 0 Å². The van der Waals surface area contributed by atoms with Crippen molar-refractivity contribution < 1.29 is 4.79 Å². The zero-order valence-electron chi connectivity index (χ0n) is 15.7. The van der Waals surface area contributed by atoms with Crippen molar-refractivity contribution in [2.75, 3.05) is 31.1 Å². The van der Waals surface area contributed by atoms with Crippen LogP contribution in [0.25, 0.3) is 10.6 Å². The van der Waals surface area contributed by atoms with Crippen molar-refractivity contribution in [3.05, 3.63) is 69.8 Å². The highest BCUT2D eigenvalue weighted by Gasteiger charge is 2.22. The highest BCUT2D eigenvalue weighted by molar-refractivity contribution is 7.13. The van der Waals surface area contributed by atoms with Crippen molar-refractivity contribution in [3.8, 4) is 10.6 Å². The first-order valence-corrected chi connectivity index (χ1v) is 10.2. The normalized spacial score (nSPS) is 14.3. The number of aryl methyl sites for hydroxylation is 1. The summed E-state index contributed by atoms with van der Waals surface area (Å²) in [7, 11) is 0. The average Bonchev–Trinajstić information content (AvgIpc) is 3.24. The highest BCUT2D eigenvalue weighted by Crippen LogP contribution is 2.21. The molecule has 1 aromatic carbocycles. The van der Waals surface area contributed by atoms with Crippen molar-refractivity contribution in [3.63, 3.8) is 0 Å². The Morgan fingerprint density at radius 3 is 2.61 bits per heavy atom. The summed E-state index contributed by atoms with van der Waals surface area (Å²) in [6, 6.07) is 15.5. The molecule has 6 nitrogen and oxygen atoms in total. The number of nitrogens with zero attached hydrogens (tertiary/aromatic N) is 4. The Hall–Kier alpha value is -2.93. The zero-order valence-corrected chi connectivity index (χ0v) is 16.6. The molecule has 7 heteroatoms. The third-order valence-electron chi connectivity index (χ3n) is 4.92. The SMILES string of the molecule is Cc1cccc(N2CCN(C(=O)Cn3nc(-c4cccs4)ccc3=O)CC2)c1. The van der Waals surface area contributed by atoms with E-state index in [-0.39, 0.29) is 18.0 Å². The van der Waals surface area contributed by atoms with Gasteiger partial charge in [-0.3, -0.25) is 9.59 Å². The molecule has 144 valence electrons. The molecule has 0 spiro atoms. The number of carbonyl (C=O) groups is 1. The third-order valence-corrected chi connectivity index (χ3v) is 5.82. The van der Waals surface area contributed by atoms with Gasteiger partial charge in [0.1, 0.15) is 12.2 Å². The molecule has 0 aliphatic carbocycles. The number of hydrogen-bond acceptors (Lipinski definition) is 5. The van der Waals surface area contributed by atoms with Crippen LogP contribution in [0.15, 0.2) is 58.7 Å². The second-order valence-electron chi connectivity index (χ2n) is 6.90. The monoisotopic (exact) mass is 394 g/mol. The van der Waals surface area contributed by atoms with E-state index < -0.39 is 0 Å². The van der Waals surface area contributed by atoms with Crippen LogP contribution < -0.4 is 10.5 Å². The predicted molar refractivity (Wildman–Crippen MR) is 112 cm³/mol. The van der Waals surface area contributed by atoms with Gasteiger partial charge in [0.15, 0.2) is 0 Å². The minimum atomic E-state index is -0.257. The summed E-state index contributed by atoms with van der Waals surface area (Å²) in [5.74, 6) is -0.0678. The zero-order chi connectivity index (χ0) is 19.5. The first-order valence-electron chi connectivity index (χ1n) is 9.31. The molecule has 0 bridgehead atoms. The van der Waals surface area contributed by atoms with Gasteiger partial charge in [0.25, 0.3) is 5.56 Å². The highest BCUT2D eigenvalue weighted by atomic mass is 32.1. The smallest absolute Gasteiger partial charge is 0.267 e. The molecular formula is C21H22N4O2S. The lowest BCUT2D eigenvalue weighted by molar-refractivity contribution is -0.132. The van der Waals surface area contributed by atoms with Gasteiger partial charge in [-0.2, -0.15) is 5.10 Å². The van der Waals surface area contributed by atoms with Crippen molar-refractivity contribution in [1.29, 1.82) is 0 Å². The molecule has 1 amide bonds. The molecule has 0 radical (unpaired) electrons. The fraction of sp³-hybridized carbons (Fsp3) is 0.286. The van der Waals surface area contributed by atoms with E-state index in [1.165, 1.54) is 22.0 Å². The minimum Gasteiger partial charge on any atom is -0.368 e. The molecule has 1 aliphatic heterocycles. The van der Waals surface area contributed by atoms with E-state index in [0.717, 1.165) is 18.0 Å². The van der Waals surface area contributed by atoms with Crippen LogP contribution in [-0.4, -0.2) is 46.8 Å². The largest absolute Gasteiger partial charge is 0.368 e. The molecule has 0 unspecified atom stereocenters. The summed E-state index contributed by atoms with van der Waals surface area (Å²) in [6.45, 7) is 4.92. The second kappa shape index (κ2) is 7.98. The second-order valence-corrected chi connectivity index (χ2v) is 7.85. The number of benzene rings is 1. The van der Waals surface area contributed by atoms with Gasteiger partial charge in [0.2, 0.25) is 5.91 Å². The number of hydrogen-bond donors (Lipinski definition) is 0. The van der Waals surface area contributed by atoms with Gasteiger partial charge < -0.3 is 9.80 Å². The van der Waals surface area contributed by atoms with Gasteiger partial charge in [-0.15, -0.1) is 11.3 Å². The number of amides is 1. The maximum absolute atomic E-state index is 12.7.